The number of oxime groups is 1. The van der Waals surface area contributed by atoms with E-state index in [1.54, 1.807) is 0 Å². The van der Waals surface area contributed by atoms with Gasteiger partial charge in [-0.2, -0.15) is 26.3 Å². The summed E-state index contributed by atoms with van der Waals surface area (Å²) in [4.78, 5) is 29.6. The van der Waals surface area contributed by atoms with Crippen molar-refractivity contribution in [2.24, 2.45) is 5.16 Å². The van der Waals surface area contributed by atoms with Gasteiger partial charge in [0.05, 0.1) is 35.2 Å². The molecule has 0 aliphatic carbocycles. The highest BCUT2D eigenvalue weighted by Gasteiger charge is 2.37. The Morgan fingerprint density at radius 3 is 2.00 bits per heavy atom. The minimum atomic E-state index is -5.17. The number of nitrogens with zero attached hydrogens (tertiary/aromatic N) is 1. The molecule has 4 rings (SSSR count). The molecule has 45 heavy (non-hydrogen) atoms. The van der Waals surface area contributed by atoms with Crippen LogP contribution in [0.3, 0.4) is 0 Å². The lowest BCUT2D eigenvalue weighted by Crippen LogP contribution is -2.18. The molecule has 0 spiro atoms. The fourth-order valence-corrected chi connectivity index (χ4v) is 4.04. The topological polar surface area (TPSA) is 97.2 Å². The van der Waals surface area contributed by atoms with Gasteiger partial charge in [-0.25, -0.2) is 4.79 Å². The van der Waals surface area contributed by atoms with E-state index < -0.39 is 52.2 Å². The number of anilines is 1. The molecule has 0 aliphatic rings. The van der Waals surface area contributed by atoms with Crippen molar-refractivity contribution >= 4 is 23.8 Å². The van der Waals surface area contributed by atoms with Crippen LogP contribution in [0.25, 0.3) is 11.1 Å². The van der Waals surface area contributed by atoms with Crippen molar-refractivity contribution in [1.29, 1.82) is 0 Å². The second-order valence-corrected chi connectivity index (χ2v) is 9.52. The number of amides is 1. The number of aromatic carboxylic acids is 1. The van der Waals surface area contributed by atoms with Gasteiger partial charge in [-0.3, -0.25) is 4.79 Å². The van der Waals surface area contributed by atoms with E-state index in [9.17, 15) is 41.0 Å². The molecule has 234 valence electrons. The van der Waals surface area contributed by atoms with E-state index in [2.05, 4.69) is 10.5 Å². The number of ether oxygens (including phenoxy) is 1. The van der Waals surface area contributed by atoms with Gasteiger partial charge in [0.1, 0.15) is 12.4 Å². The Hall–Kier alpha value is -5.33. The first-order valence-electron chi connectivity index (χ1n) is 13.2. The highest BCUT2D eigenvalue weighted by atomic mass is 19.4. The van der Waals surface area contributed by atoms with E-state index in [0.717, 1.165) is 28.8 Å². The van der Waals surface area contributed by atoms with E-state index in [1.807, 2.05) is 54.6 Å². The fourth-order valence-electron chi connectivity index (χ4n) is 4.04. The summed E-state index contributed by atoms with van der Waals surface area (Å²) < 4.78 is 84.7. The summed E-state index contributed by atoms with van der Waals surface area (Å²) in [6.45, 7) is 0.232. The van der Waals surface area contributed by atoms with Crippen LogP contribution in [0.5, 0.6) is 5.75 Å². The molecule has 2 N–H and O–H groups in total. The Bertz CT molecular complexity index is 1640. The number of alkyl halides is 6. The number of hydrogen-bond acceptors (Lipinski definition) is 5. The average molecular weight is 631 g/mol. The van der Waals surface area contributed by atoms with Gasteiger partial charge in [0.15, 0.2) is 0 Å². The third-order valence-electron chi connectivity index (χ3n) is 6.26. The lowest BCUT2D eigenvalue weighted by atomic mass is 10.0. The largest absolute Gasteiger partial charge is 0.493 e. The molecular formula is C32H24F6N2O5. The van der Waals surface area contributed by atoms with Gasteiger partial charge in [-0.1, -0.05) is 59.8 Å². The molecule has 13 heteroatoms. The lowest BCUT2D eigenvalue weighted by molar-refractivity contribution is -0.143. The van der Waals surface area contributed by atoms with Gasteiger partial charge in [-0.05, 0) is 47.0 Å². The number of halogens is 6. The maximum Gasteiger partial charge on any atom is 0.416 e. The Labute approximate surface area is 252 Å². The van der Waals surface area contributed by atoms with Crippen LogP contribution in [0.15, 0.2) is 96.2 Å². The molecule has 0 aliphatic heterocycles. The first-order chi connectivity index (χ1) is 21.3. The molecule has 0 heterocycles. The summed E-state index contributed by atoms with van der Waals surface area (Å²) in [5.41, 5.74) is -2.25. The summed E-state index contributed by atoms with van der Waals surface area (Å²) in [7, 11) is 0. The monoisotopic (exact) mass is 630 g/mol. The van der Waals surface area contributed by atoms with Crippen LogP contribution in [-0.4, -0.2) is 36.4 Å². The molecular weight excluding hydrogens is 606 g/mol. The summed E-state index contributed by atoms with van der Waals surface area (Å²) in [6, 6.07) is 21.3. The number of carbonyl (C=O) groups excluding carboxylic acids is 1. The van der Waals surface area contributed by atoms with Crippen molar-refractivity contribution in [2.45, 2.75) is 18.8 Å². The Kier molecular flexibility index (Phi) is 10.1. The Morgan fingerprint density at radius 1 is 0.778 bits per heavy atom. The lowest BCUT2D eigenvalue weighted by Gasteiger charge is -2.15. The Morgan fingerprint density at radius 2 is 1.40 bits per heavy atom. The van der Waals surface area contributed by atoms with Crippen molar-refractivity contribution in [3.05, 3.63) is 119 Å². The van der Waals surface area contributed by atoms with Crippen LogP contribution in [0.2, 0.25) is 0 Å². The molecule has 0 radical (unpaired) electrons. The molecule has 0 atom stereocenters. The van der Waals surface area contributed by atoms with Crippen LogP contribution in [0, 0.1) is 0 Å². The van der Waals surface area contributed by atoms with Gasteiger partial charge in [0.2, 0.25) is 0 Å². The zero-order valence-electron chi connectivity index (χ0n) is 23.2. The number of carboxylic acid groups (broad SMARTS) is 1. The number of hydrogen-bond donors (Lipinski definition) is 2. The van der Waals surface area contributed by atoms with Crippen molar-refractivity contribution < 1.29 is 50.6 Å². The number of carbonyl (C=O) groups is 2. The number of nitrogens with one attached hydrogen (secondary N) is 1. The van der Waals surface area contributed by atoms with E-state index >= 15 is 0 Å². The van der Waals surface area contributed by atoms with Gasteiger partial charge < -0.3 is 20.0 Å². The minimum absolute atomic E-state index is 0.0731. The second-order valence-electron chi connectivity index (χ2n) is 9.52. The van der Waals surface area contributed by atoms with Crippen LogP contribution in [0.1, 0.15) is 43.8 Å². The molecule has 0 saturated carbocycles. The van der Waals surface area contributed by atoms with Crippen LogP contribution >= 0.6 is 0 Å². The van der Waals surface area contributed by atoms with Crippen molar-refractivity contribution in [1.82, 2.24) is 0 Å². The average Bonchev–Trinajstić information content (AvgIpc) is 3.00. The molecule has 0 bridgehead atoms. The molecule has 0 saturated heterocycles. The van der Waals surface area contributed by atoms with E-state index in [1.165, 1.54) is 12.3 Å². The smallest absolute Gasteiger partial charge is 0.416 e. The van der Waals surface area contributed by atoms with Crippen LogP contribution in [0.4, 0.5) is 32.0 Å². The predicted octanol–water partition coefficient (Wildman–Crippen LogP) is 8.16. The van der Waals surface area contributed by atoms with Crippen LogP contribution < -0.4 is 10.1 Å². The third kappa shape index (κ3) is 9.08. The number of rotatable bonds is 11. The predicted molar refractivity (Wildman–Crippen MR) is 153 cm³/mol. The molecule has 1 amide bonds. The molecule has 4 aromatic carbocycles. The van der Waals surface area contributed by atoms with Gasteiger partial charge in [0, 0.05) is 18.1 Å². The molecule has 4 aromatic rings. The second kappa shape index (κ2) is 14.0. The quantitative estimate of drug-likeness (QED) is 0.0755. The van der Waals surface area contributed by atoms with E-state index in [4.69, 9.17) is 9.57 Å². The first-order valence-corrected chi connectivity index (χ1v) is 13.2. The van der Waals surface area contributed by atoms with Gasteiger partial charge in [0.25, 0.3) is 5.91 Å². The molecule has 0 fully saturated rings. The van der Waals surface area contributed by atoms with Gasteiger partial charge in [-0.15, -0.1) is 0 Å². The number of benzene rings is 4. The highest BCUT2D eigenvalue weighted by Crippen LogP contribution is 2.36. The van der Waals surface area contributed by atoms with Crippen LogP contribution in [-0.2, 0) is 17.2 Å². The summed E-state index contributed by atoms with van der Waals surface area (Å²) in [6.07, 6.45) is -8.45. The molecule has 7 nitrogen and oxygen atoms in total. The third-order valence-corrected chi connectivity index (χ3v) is 6.26. The summed E-state index contributed by atoms with van der Waals surface area (Å²) >= 11 is 0. The normalized spacial score (nSPS) is 11.8. The van der Waals surface area contributed by atoms with Crippen molar-refractivity contribution in [3.63, 3.8) is 0 Å². The maximum absolute atomic E-state index is 13.2. The van der Waals surface area contributed by atoms with E-state index in [-0.39, 0.29) is 37.2 Å². The molecule has 0 unspecified atom stereocenters. The Balaban J connectivity index is 1.34. The van der Waals surface area contributed by atoms with E-state index in [0.29, 0.717) is 6.42 Å². The van der Waals surface area contributed by atoms with Crippen molar-refractivity contribution in [3.8, 4) is 16.9 Å². The zero-order valence-corrected chi connectivity index (χ0v) is 23.2. The zero-order chi connectivity index (χ0) is 32.6. The summed E-state index contributed by atoms with van der Waals surface area (Å²) in [5.74, 6) is -2.80. The van der Waals surface area contributed by atoms with Crippen molar-refractivity contribution in [2.75, 3.05) is 18.5 Å². The minimum Gasteiger partial charge on any atom is -0.493 e. The maximum atomic E-state index is 13.2. The standard InChI is InChI=1S/C32H24F6N2O5/c33-31(34,35)24-15-23(16-25(17-24)32(36,37)38)29(41)40-28-18-26(11-12-27(28)30(42)43)44-13-4-14-45-39-19-20-7-9-22(10-8-20)21-5-2-1-3-6-21/h1-3,5-12,15-19H,4,13-14H2,(H,40,41)(H,42,43). The van der Waals surface area contributed by atoms with Gasteiger partial charge >= 0.3 is 18.3 Å². The first kappa shape index (κ1) is 32.6. The fraction of sp³-hybridized carbons (Fsp3) is 0.156. The highest BCUT2D eigenvalue weighted by molar-refractivity contribution is 6.08. The number of carboxylic acids is 1. The SMILES string of the molecule is O=C(Nc1cc(OCCCON=Cc2ccc(-c3ccccc3)cc2)ccc1C(=O)O)c1cc(C(F)(F)F)cc(C(F)(F)F)c1. The molecule has 0 aromatic heterocycles. The summed E-state index contributed by atoms with van der Waals surface area (Å²) in [5, 5.41) is 15.4.